The van der Waals surface area contributed by atoms with E-state index in [0.29, 0.717) is 22.1 Å². The third kappa shape index (κ3) is 4.02. The topological polar surface area (TPSA) is 26.3 Å². The van der Waals surface area contributed by atoms with Crippen LogP contribution in [-0.4, -0.2) is 18.6 Å². The Morgan fingerprint density at radius 3 is 2.52 bits per heavy atom. The standard InChI is InChI=1S/C17H17ClO2S/c1-11-4-6-14(8-12(11)2)21-10-16(19)13-5-7-17(20-3)15(18)9-13/h4-9H,10H2,1-3H3. The molecule has 0 fully saturated rings. The first-order chi connectivity index (χ1) is 10.0. The van der Waals surface area contributed by atoms with Gasteiger partial charge >= 0.3 is 0 Å². The molecule has 0 spiro atoms. The first kappa shape index (κ1) is 15.9. The number of hydrogen-bond donors (Lipinski definition) is 0. The summed E-state index contributed by atoms with van der Waals surface area (Å²) in [7, 11) is 1.55. The molecule has 0 aromatic heterocycles. The minimum Gasteiger partial charge on any atom is -0.495 e. The van der Waals surface area contributed by atoms with Crippen molar-refractivity contribution >= 4 is 29.1 Å². The van der Waals surface area contributed by atoms with Crippen molar-refractivity contribution in [3.05, 3.63) is 58.1 Å². The first-order valence-electron chi connectivity index (χ1n) is 6.58. The molecule has 0 amide bonds. The van der Waals surface area contributed by atoms with Gasteiger partial charge in [0.1, 0.15) is 5.75 Å². The molecule has 0 heterocycles. The number of aryl methyl sites for hydroxylation is 2. The van der Waals surface area contributed by atoms with Gasteiger partial charge in [0, 0.05) is 10.5 Å². The highest BCUT2D eigenvalue weighted by Gasteiger charge is 2.10. The van der Waals surface area contributed by atoms with Crippen molar-refractivity contribution in [3.8, 4) is 5.75 Å². The second kappa shape index (κ2) is 7.01. The summed E-state index contributed by atoms with van der Waals surface area (Å²) in [6, 6.07) is 11.3. The fourth-order valence-electron chi connectivity index (χ4n) is 1.88. The molecule has 0 unspecified atom stereocenters. The summed E-state index contributed by atoms with van der Waals surface area (Å²) < 4.78 is 5.08. The van der Waals surface area contributed by atoms with Crippen molar-refractivity contribution in [2.45, 2.75) is 18.7 Å². The number of rotatable bonds is 5. The van der Waals surface area contributed by atoms with E-state index in [2.05, 4.69) is 26.0 Å². The van der Waals surface area contributed by atoms with E-state index in [-0.39, 0.29) is 5.78 Å². The molecular formula is C17H17ClO2S. The maximum Gasteiger partial charge on any atom is 0.173 e. The van der Waals surface area contributed by atoms with Crippen molar-refractivity contribution < 1.29 is 9.53 Å². The van der Waals surface area contributed by atoms with Gasteiger partial charge in [0.2, 0.25) is 0 Å². The monoisotopic (exact) mass is 320 g/mol. The largest absolute Gasteiger partial charge is 0.495 e. The maximum absolute atomic E-state index is 12.2. The molecule has 110 valence electrons. The zero-order valence-electron chi connectivity index (χ0n) is 12.3. The summed E-state index contributed by atoms with van der Waals surface area (Å²) >= 11 is 7.58. The van der Waals surface area contributed by atoms with Crippen LogP contribution in [0.25, 0.3) is 0 Å². The van der Waals surface area contributed by atoms with Gasteiger partial charge in [-0.25, -0.2) is 0 Å². The predicted molar refractivity (Wildman–Crippen MR) is 89.0 cm³/mol. The molecule has 21 heavy (non-hydrogen) atoms. The van der Waals surface area contributed by atoms with Gasteiger partial charge in [-0.05, 0) is 55.3 Å². The third-order valence-electron chi connectivity index (χ3n) is 3.32. The van der Waals surface area contributed by atoms with Gasteiger partial charge in [-0.1, -0.05) is 17.7 Å². The van der Waals surface area contributed by atoms with E-state index in [1.807, 2.05) is 6.07 Å². The Labute approximate surface area is 134 Å². The lowest BCUT2D eigenvalue weighted by molar-refractivity contribution is 0.102. The SMILES string of the molecule is COc1ccc(C(=O)CSc2ccc(C)c(C)c2)cc1Cl. The smallest absolute Gasteiger partial charge is 0.173 e. The molecular weight excluding hydrogens is 304 g/mol. The van der Waals surface area contributed by atoms with Crippen LogP contribution in [0.3, 0.4) is 0 Å². The Morgan fingerprint density at radius 1 is 1.14 bits per heavy atom. The Morgan fingerprint density at radius 2 is 1.90 bits per heavy atom. The number of carbonyl (C=O) groups is 1. The summed E-state index contributed by atoms with van der Waals surface area (Å²) in [5.41, 5.74) is 3.10. The van der Waals surface area contributed by atoms with Crippen LogP contribution in [0.4, 0.5) is 0 Å². The molecule has 2 rings (SSSR count). The molecule has 2 aromatic rings. The van der Waals surface area contributed by atoms with E-state index in [1.54, 1.807) is 25.3 Å². The van der Waals surface area contributed by atoms with Gasteiger partial charge in [0.05, 0.1) is 17.9 Å². The molecule has 0 bridgehead atoms. The van der Waals surface area contributed by atoms with Crippen molar-refractivity contribution in [2.24, 2.45) is 0 Å². The Kier molecular flexibility index (Phi) is 5.32. The van der Waals surface area contributed by atoms with Crippen LogP contribution in [0.2, 0.25) is 5.02 Å². The molecule has 0 N–H and O–H groups in total. The highest BCUT2D eigenvalue weighted by atomic mass is 35.5. The van der Waals surface area contributed by atoms with Crippen molar-refractivity contribution in [3.63, 3.8) is 0 Å². The average Bonchev–Trinajstić information content (AvgIpc) is 2.48. The summed E-state index contributed by atoms with van der Waals surface area (Å²) in [4.78, 5) is 13.3. The molecule has 0 aliphatic heterocycles. The number of thioether (sulfide) groups is 1. The van der Waals surface area contributed by atoms with Crippen molar-refractivity contribution in [1.82, 2.24) is 0 Å². The fourth-order valence-corrected chi connectivity index (χ4v) is 3.02. The number of hydrogen-bond acceptors (Lipinski definition) is 3. The molecule has 2 aromatic carbocycles. The van der Waals surface area contributed by atoms with Gasteiger partial charge < -0.3 is 4.74 Å². The Hall–Kier alpha value is -1.45. The van der Waals surface area contributed by atoms with Crippen LogP contribution in [0.5, 0.6) is 5.75 Å². The molecule has 0 atom stereocenters. The molecule has 0 aliphatic rings. The average molecular weight is 321 g/mol. The van der Waals surface area contributed by atoms with Crippen LogP contribution in [-0.2, 0) is 0 Å². The lowest BCUT2D eigenvalue weighted by Crippen LogP contribution is -2.02. The normalized spacial score (nSPS) is 10.5. The van der Waals surface area contributed by atoms with Gasteiger partial charge in [-0.15, -0.1) is 11.8 Å². The van der Waals surface area contributed by atoms with Gasteiger partial charge in [0.25, 0.3) is 0 Å². The van der Waals surface area contributed by atoms with Crippen LogP contribution < -0.4 is 4.74 Å². The number of ketones is 1. The second-order valence-electron chi connectivity index (χ2n) is 4.81. The lowest BCUT2D eigenvalue weighted by atomic mass is 10.1. The molecule has 4 heteroatoms. The summed E-state index contributed by atoms with van der Waals surface area (Å²) in [5.74, 6) is 1.03. The number of carbonyl (C=O) groups excluding carboxylic acids is 1. The van der Waals surface area contributed by atoms with Crippen LogP contribution in [0.1, 0.15) is 21.5 Å². The zero-order valence-corrected chi connectivity index (χ0v) is 13.8. The fraction of sp³-hybridized carbons (Fsp3) is 0.235. The zero-order chi connectivity index (χ0) is 15.4. The van der Waals surface area contributed by atoms with Crippen molar-refractivity contribution in [1.29, 1.82) is 0 Å². The Balaban J connectivity index is 2.04. The minimum atomic E-state index is 0.0581. The number of halogens is 1. The molecule has 0 radical (unpaired) electrons. The lowest BCUT2D eigenvalue weighted by Gasteiger charge is -2.07. The number of ether oxygens (including phenoxy) is 1. The van der Waals surface area contributed by atoms with Gasteiger partial charge in [0.15, 0.2) is 5.78 Å². The summed E-state index contributed by atoms with van der Waals surface area (Å²) in [5, 5.41) is 0.458. The molecule has 0 saturated carbocycles. The minimum absolute atomic E-state index is 0.0581. The number of methoxy groups -OCH3 is 1. The third-order valence-corrected chi connectivity index (χ3v) is 4.61. The van der Waals surface area contributed by atoms with E-state index in [9.17, 15) is 4.79 Å². The first-order valence-corrected chi connectivity index (χ1v) is 7.94. The predicted octanol–water partition coefficient (Wildman–Crippen LogP) is 4.94. The van der Waals surface area contributed by atoms with Gasteiger partial charge in [-0.3, -0.25) is 4.79 Å². The summed E-state index contributed by atoms with van der Waals surface area (Å²) in [6.07, 6.45) is 0. The Bertz CT molecular complexity index is 668. The number of benzene rings is 2. The quantitative estimate of drug-likeness (QED) is 0.576. The van der Waals surface area contributed by atoms with Gasteiger partial charge in [-0.2, -0.15) is 0 Å². The van der Waals surface area contributed by atoms with Crippen LogP contribution in [0.15, 0.2) is 41.3 Å². The molecule has 2 nitrogen and oxygen atoms in total. The summed E-state index contributed by atoms with van der Waals surface area (Å²) in [6.45, 7) is 4.15. The van der Waals surface area contributed by atoms with Crippen LogP contribution >= 0.6 is 23.4 Å². The van der Waals surface area contributed by atoms with E-state index in [1.165, 1.54) is 22.9 Å². The highest BCUT2D eigenvalue weighted by Crippen LogP contribution is 2.27. The molecule has 0 saturated heterocycles. The molecule has 0 aliphatic carbocycles. The second-order valence-corrected chi connectivity index (χ2v) is 6.26. The van der Waals surface area contributed by atoms with E-state index < -0.39 is 0 Å². The number of Topliss-reactive ketones (excluding diaryl/α,β-unsaturated/α-hetero) is 1. The van der Waals surface area contributed by atoms with Crippen LogP contribution in [0, 0.1) is 13.8 Å². The highest BCUT2D eigenvalue weighted by molar-refractivity contribution is 8.00. The van der Waals surface area contributed by atoms with Crippen molar-refractivity contribution in [2.75, 3.05) is 12.9 Å². The van der Waals surface area contributed by atoms with E-state index in [0.717, 1.165) is 4.90 Å². The van der Waals surface area contributed by atoms with E-state index >= 15 is 0 Å². The van der Waals surface area contributed by atoms with E-state index in [4.69, 9.17) is 16.3 Å². The maximum atomic E-state index is 12.2.